The van der Waals surface area contributed by atoms with E-state index in [4.69, 9.17) is 9.47 Å². The molecule has 1 aromatic rings. The lowest BCUT2D eigenvalue weighted by Crippen LogP contribution is -2.16. The average molecular weight is 311 g/mol. The number of esters is 2. The van der Waals surface area contributed by atoms with Gasteiger partial charge >= 0.3 is 11.9 Å². The van der Waals surface area contributed by atoms with Crippen LogP contribution in [0.1, 0.15) is 45.4 Å². The highest BCUT2D eigenvalue weighted by atomic mass is 32.1. The summed E-state index contributed by atoms with van der Waals surface area (Å²) in [6.45, 7) is 3.56. The van der Waals surface area contributed by atoms with E-state index in [-0.39, 0.29) is 24.0 Å². The molecule has 0 spiro atoms. The van der Waals surface area contributed by atoms with Gasteiger partial charge in [-0.2, -0.15) is 0 Å². The Kier molecular flexibility index (Phi) is 4.62. The Bertz CT molecular complexity index is 588. The summed E-state index contributed by atoms with van der Waals surface area (Å²) in [7, 11) is 1.27. The zero-order valence-electron chi connectivity index (χ0n) is 12.1. The Morgan fingerprint density at radius 2 is 1.95 bits per heavy atom. The van der Waals surface area contributed by atoms with E-state index in [0.29, 0.717) is 15.4 Å². The van der Waals surface area contributed by atoms with Crippen LogP contribution in [0.15, 0.2) is 0 Å². The highest BCUT2D eigenvalue weighted by molar-refractivity contribution is 7.18. The molecule has 7 heteroatoms. The zero-order chi connectivity index (χ0) is 15.6. The Morgan fingerprint density at radius 3 is 2.48 bits per heavy atom. The molecule has 0 aromatic carbocycles. The Labute approximate surface area is 126 Å². The molecule has 1 saturated carbocycles. The minimum Gasteiger partial charge on any atom is -0.465 e. The van der Waals surface area contributed by atoms with Crippen LogP contribution in [0.2, 0.25) is 0 Å². The number of thiophene rings is 1. The van der Waals surface area contributed by atoms with Crippen LogP contribution in [-0.4, -0.2) is 31.6 Å². The summed E-state index contributed by atoms with van der Waals surface area (Å²) in [5, 5.41) is 3.07. The van der Waals surface area contributed by atoms with Crippen molar-refractivity contribution in [1.29, 1.82) is 0 Å². The number of ether oxygens (including phenoxy) is 2. The molecule has 0 atom stereocenters. The smallest absolute Gasteiger partial charge is 0.348 e. The Balaban J connectivity index is 2.37. The van der Waals surface area contributed by atoms with Crippen molar-refractivity contribution >= 4 is 34.2 Å². The largest absolute Gasteiger partial charge is 0.465 e. The fraction of sp³-hybridized carbons (Fsp3) is 0.500. The maximum atomic E-state index is 12.1. The van der Waals surface area contributed by atoms with Gasteiger partial charge in [-0.05, 0) is 32.3 Å². The normalized spacial score (nSPS) is 13.7. The maximum Gasteiger partial charge on any atom is 0.348 e. The molecule has 1 aliphatic carbocycles. The first kappa shape index (κ1) is 15.5. The first-order valence-electron chi connectivity index (χ1n) is 6.69. The van der Waals surface area contributed by atoms with Crippen molar-refractivity contribution in [2.75, 3.05) is 19.0 Å². The summed E-state index contributed by atoms with van der Waals surface area (Å²) in [5.41, 5.74) is 0.702. The molecular weight excluding hydrogens is 294 g/mol. The lowest BCUT2D eigenvalue weighted by atomic mass is 10.1. The molecule has 1 amide bonds. The van der Waals surface area contributed by atoms with Crippen molar-refractivity contribution in [3.8, 4) is 0 Å². The van der Waals surface area contributed by atoms with E-state index >= 15 is 0 Å². The van der Waals surface area contributed by atoms with E-state index in [2.05, 4.69) is 5.32 Å². The maximum absolute atomic E-state index is 12.1. The molecule has 114 valence electrons. The van der Waals surface area contributed by atoms with E-state index in [1.54, 1.807) is 13.8 Å². The summed E-state index contributed by atoms with van der Waals surface area (Å²) >= 11 is 1.04. The average Bonchev–Trinajstić information content (AvgIpc) is 3.24. The van der Waals surface area contributed by atoms with Crippen LogP contribution in [0.4, 0.5) is 5.00 Å². The third-order valence-corrected chi connectivity index (χ3v) is 4.37. The summed E-state index contributed by atoms with van der Waals surface area (Å²) < 4.78 is 9.69. The molecule has 1 fully saturated rings. The molecule has 1 heterocycles. The number of carbonyl (C=O) groups is 3. The third kappa shape index (κ3) is 3.24. The van der Waals surface area contributed by atoms with Crippen molar-refractivity contribution in [1.82, 2.24) is 0 Å². The molecule has 0 bridgehead atoms. The highest BCUT2D eigenvalue weighted by Gasteiger charge is 2.32. The van der Waals surface area contributed by atoms with Crippen molar-refractivity contribution in [3.05, 3.63) is 16.0 Å². The van der Waals surface area contributed by atoms with Gasteiger partial charge in [0.25, 0.3) is 0 Å². The molecule has 1 N–H and O–H groups in total. The lowest BCUT2D eigenvalue weighted by Gasteiger charge is -2.06. The van der Waals surface area contributed by atoms with Crippen LogP contribution < -0.4 is 5.32 Å². The van der Waals surface area contributed by atoms with Crippen molar-refractivity contribution in [3.63, 3.8) is 0 Å². The minimum atomic E-state index is -0.549. The minimum absolute atomic E-state index is 0.00373. The van der Waals surface area contributed by atoms with Crippen LogP contribution in [-0.2, 0) is 14.3 Å². The van der Waals surface area contributed by atoms with Crippen LogP contribution >= 0.6 is 11.3 Å². The van der Waals surface area contributed by atoms with Crippen molar-refractivity contribution in [2.45, 2.75) is 26.7 Å². The molecule has 0 saturated heterocycles. The molecule has 21 heavy (non-hydrogen) atoms. The van der Waals surface area contributed by atoms with E-state index in [0.717, 1.165) is 24.2 Å². The van der Waals surface area contributed by atoms with Crippen LogP contribution in [0.5, 0.6) is 0 Å². The molecular formula is C14H17NO5S. The number of hydrogen-bond donors (Lipinski definition) is 1. The standard InChI is InChI=1S/C14H17NO5S/c1-4-20-13(17)9-7(2)10(14(18)19-3)21-12(9)15-11(16)8-5-6-8/h8H,4-6H2,1-3H3,(H,15,16). The van der Waals surface area contributed by atoms with Gasteiger partial charge in [0.15, 0.2) is 0 Å². The SMILES string of the molecule is CCOC(=O)c1c(NC(=O)C2CC2)sc(C(=O)OC)c1C. The monoisotopic (exact) mass is 311 g/mol. The Hall–Kier alpha value is -1.89. The van der Waals surface area contributed by atoms with Crippen LogP contribution in [0, 0.1) is 12.8 Å². The quantitative estimate of drug-likeness (QED) is 0.844. The third-order valence-electron chi connectivity index (χ3n) is 3.18. The number of carbonyl (C=O) groups excluding carboxylic acids is 3. The highest BCUT2D eigenvalue weighted by Crippen LogP contribution is 2.36. The predicted molar refractivity (Wildman–Crippen MR) is 77.7 cm³/mol. The molecule has 0 unspecified atom stereocenters. The molecule has 1 aromatic heterocycles. The Morgan fingerprint density at radius 1 is 1.29 bits per heavy atom. The number of hydrogen-bond acceptors (Lipinski definition) is 6. The number of anilines is 1. The predicted octanol–water partition coefficient (Wildman–Crippen LogP) is 2.37. The van der Waals surface area contributed by atoms with Gasteiger partial charge in [0.2, 0.25) is 5.91 Å². The molecule has 1 aliphatic rings. The van der Waals surface area contributed by atoms with Gasteiger partial charge in [-0.3, -0.25) is 4.79 Å². The van der Waals surface area contributed by atoms with Gasteiger partial charge in [0, 0.05) is 5.92 Å². The molecule has 2 rings (SSSR count). The van der Waals surface area contributed by atoms with Crippen LogP contribution in [0.3, 0.4) is 0 Å². The van der Waals surface area contributed by atoms with E-state index in [1.165, 1.54) is 7.11 Å². The summed E-state index contributed by atoms with van der Waals surface area (Å²) in [6.07, 6.45) is 1.71. The summed E-state index contributed by atoms with van der Waals surface area (Å²) in [4.78, 5) is 36.0. The number of nitrogens with one attached hydrogen (secondary N) is 1. The van der Waals surface area contributed by atoms with Gasteiger partial charge in [-0.25, -0.2) is 9.59 Å². The number of methoxy groups -OCH3 is 1. The van der Waals surface area contributed by atoms with Gasteiger partial charge in [-0.15, -0.1) is 11.3 Å². The molecule has 0 radical (unpaired) electrons. The van der Waals surface area contributed by atoms with E-state index in [9.17, 15) is 14.4 Å². The second-order valence-corrected chi connectivity index (χ2v) is 5.76. The van der Waals surface area contributed by atoms with Gasteiger partial charge in [0.05, 0.1) is 19.3 Å². The van der Waals surface area contributed by atoms with Gasteiger partial charge in [0.1, 0.15) is 9.88 Å². The molecule has 6 nitrogen and oxygen atoms in total. The first-order chi connectivity index (χ1) is 9.99. The fourth-order valence-electron chi connectivity index (χ4n) is 1.90. The van der Waals surface area contributed by atoms with Crippen LogP contribution in [0.25, 0.3) is 0 Å². The number of amides is 1. The first-order valence-corrected chi connectivity index (χ1v) is 7.50. The topological polar surface area (TPSA) is 81.7 Å². The van der Waals surface area contributed by atoms with Gasteiger partial charge < -0.3 is 14.8 Å². The van der Waals surface area contributed by atoms with E-state index < -0.39 is 11.9 Å². The van der Waals surface area contributed by atoms with E-state index in [1.807, 2.05) is 0 Å². The number of rotatable bonds is 5. The fourth-order valence-corrected chi connectivity index (χ4v) is 3.01. The second-order valence-electron chi connectivity index (χ2n) is 4.74. The van der Waals surface area contributed by atoms with Gasteiger partial charge in [-0.1, -0.05) is 0 Å². The summed E-state index contributed by atoms with van der Waals surface area (Å²) in [5.74, 6) is -1.20. The van der Waals surface area contributed by atoms with Crippen molar-refractivity contribution < 1.29 is 23.9 Å². The lowest BCUT2D eigenvalue weighted by molar-refractivity contribution is -0.117. The van der Waals surface area contributed by atoms with Crippen molar-refractivity contribution in [2.24, 2.45) is 5.92 Å². The second kappa shape index (κ2) is 6.26. The molecule has 0 aliphatic heterocycles. The zero-order valence-corrected chi connectivity index (χ0v) is 13.0. The summed E-state index contributed by atoms with van der Waals surface area (Å²) in [6, 6.07) is 0.